The summed E-state index contributed by atoms with van der Waals surface area (Å²) >= 11 is 4.92. The van der Waals surface area contributed by atoms with Crippen LogP contribution in [0.15, 0.2) is 15.2 Å². The number of carboxylic acids is 1. The Balaban J connectivity index is 2.52. The number of carbonyl (C=O) groups excluding carboxylic acids is 1. The maximum absolute atomic E-state index is 12.0. The molecule has 0 saturated heterocycles. The molecule has 0 radical (unpaired) electrons. The first-order chi connectivity index (χ1) is 9.43. The van der Waals surface area contributed by atoms with E-state index in [0.29, 0.717) is 13.0 Å². The van der Waals surface area contributed by atoms with Crippen LogP contribution in [0.25, 0.3) is 0 Å². The van der Waals surface area contributed by atoms with Crippen molar-refractivity contribution in [3.8, 4) is 0 Å². The normalized spacial score (nSPS) is 11.9. The van der Waals surface area contributed by atoms with E-state index in [1.54, 1.807) is 18.4 Å². The molecule has 1 heterocycles. The lowest BCUT2D eigenvalue weighted by atomic mass is 10.1. The van der Waals surface area contributed by atoms with Crippen molar-refractivity contribution in [2.75, 3.05) is 7.05 Å². The van der Waals surface area contributed by atoms with E-state index in [0.717, 1.165) is 22.2 Å². The standard InChI is InChI=1S/C13H19BrN2O3S/c1-3-4-5-10(12(17)18)15-13(19)16(2)7-9-6-11(14)20-8-9/h6,8,10H,3-5,7H2,1-2H3,(H,15,19)(H,17,18). The average Bonchev–Trinajstić information content (AvgIpc) is 2.79. The van der Waals surface area contributed by atoms with Gasteiger partial charge in [-0.1, -0.05) is 19.8 Å². The van der Waals surface area contributed by atoms with E-state index in [2.05, 4.69) is 21.2 Å². The Morgan fingerprint density at radius 3 is 2.75 bits per heavy atom. The predicted molar refractivity (Wildman–Crippen MR) is 83.0 cm³/mol. The zero-order chi connectivity index (χ0) is 15.1. The van der Waals surface area contributed by atoms with Crippen molar-refractivity contribution in [3.05, 3.63) is 20.8 Å². The van der Waals surface area contributed by atoms with Crippen LogP contribution in [0, 0.1) is 0 Å². The van der Waals surface area contributed by atoms with E-state index < -0.39 is 12.0 Å². The minimum Gasteiger partial charge on any atom is -0.480 e. The third kappa shape index (κ3) is 5.50. The van der Waals surface area contributed by atoms with Crippen molar-refractivity contribution < 1.29 is 14.7 Å². The lowest BCUT2D eigenvalue weighted by Crippen LogP contribution is -2.46. The summed E-state index contributed by atoms with van der Waals surface area (Å²) in [4.78, 5) is 24.5. The van der Waals surface area contributed by atoms with Gasteiger partial charge in [-0.3, -0.25) is 0 Å². The van der Waals surface area contributed by atoms with Gasteiger partial charge in [0.25, 0.3) is 0 Å². The smallest absolute Gasteiger partial charge is 0.326 e. The highest BCUT2D eigenvalue weighted by Crippen LogP contribution is 2.21. The second-order valence-corrected chi connectivity index (χ2v) is 6.89. The largest absolute Gasteiger partial charge is 0.480 e. The monoisotopic (exact) mass is 362 g/mol. The highest BCUT2D eigenvalue weighted by molar-refractivity contribution is 9.11. The van der Waals surface area contributed by atoms with Gasteiger partial charge in [0.15, 0.2) is 0 Å². The fraction of sp³-hybridized carbons (Fsp3) is 0.538. The third-order valence-electron chi connectivity index (χ3n) is 2.83. The van der Waals surface area contributed by atoms with Crippen LogP contribution in [-0.4, -0.2) is 35.1 Å². The molecule has 1 atom stereocenters. The molecule has 0 aromatic carbocycles. The molecule has 0 spiro atoms. The highest BCUT2D eigenvalue weighted by atomic mass is 79.9. The predicted octanol–water partition coefficient (Wildman–Crippen LogP) is 3.30. The number of nitrogens with zero attached hydrogens (tertiary/aromatic N) is 1. The van der Waals surface area contributed by atoms with Crippen molar-refractivity contribution in [2.24, 2.45) is 0 Å². The molecule has 7 heteroatoms. The first-order valence-electron chi connectivity index (χ1n) is 6.41. The Labute approximate surface area is 131 Å². The Morgan fingerprint density at radius 2 is 2.25 bits per heavy atom. The zero-order valence-electron chi connectivity index (χ0n) is 11.6. The molecule has 112 valence electrons. The molecule has 0 fully saturated rings. The van der Waals surface area contributed by atoms with Crippen molar-refractivity contribution in [3.63, 3.8) is 0 Å². The number of thiophene rings is 1. The molecule has 1 rings (SSSR count). The van der Waals surface area contributed by atoms with Gasteiger partial charge < -0.3 is 15.3 Å². The van der Waals surface area contributed by atoms with Crippen LogP contribution >= 0.6 is 27.3 Å². The van der Waals surface area contributed by atoms with Crippen LogP contribution in [0.5, 0.6) is 0 Å². The first kappa shape index (κ1) is 17.0. The number of hydrogen-bond donors (Lipinski definition) is 2. The number of carboxylic acid groups (broad SMARTS) is 1. The number of rotatable bonds is 7. The summed E-state index contributed by atoms with van der Waals surface area (Å²) in [5.41, 5.74) is 1.01. The molecule has 1 aromatic heterocycles. The summed E-state index contributed by atoms with van der Waals surface area (Å²) in [5.74, 6) is -0.988. The SMILES string of the molecule is CCCCC(NC(=O)N(C)Cc1csc(Br)c1)C(=O)O. The highest BCUT2D eigenvalue weighted by Gasteiger charge is 2.21. The van der Waals surface area contributed by atoms with Gasteiger partial charge in [-0.25, -0.2) is 9.59 Å². The molecule has 0 aliphatic rings. The van der Waals surface area contributed by atoms with E-state index in [1.807, 2.05) is 18.4 Å². The summed E-state index contributed by atoms with van der Waals surface area (Å²) in [6, 6.07) is 0.759. The van der Waals surface area contributed by atoms with E-state index in [9.17, 15) is 9.59 Å². The molecule has 0 saturated carbocycles. The van der Waals surface area contributed by atoms with Crippen molar-refractivity contribution in [1.29, 1.82) is 0 Å². The molecule has 0 aliphatic heterocycles. The van der Waals surface area contributed by atoms with Crippen LogP contribution in [0.3, 0.4) is 0 Å². The third-order valence-corrected chi connectivity index (χ3v) is 4.38. The average molecular weight is 363 g/mol. The molecular weight excluding hydrogens is 344 g/mol. The summed E-state index contributed by atoms with van der Waals surface area (Å²) in [6.07, 6.45) is 2.13. The van der Waals surface area contributed by atoms with Crippen LogP contribution in [0.4, 0.5) is 4.79 Å². The van der Waals surface area contributed by atoms with Gasteiger partial charge >= 0.3 is 12.0 Å². The Hall–Kier alpha value is -1.08. The molecule has 2 amide bonds. The summed E-state index contributed by atoms with van der Waals surface area (Å²) < 4.78 is 1.01. The molecule has 5 nitrogen and oxygen atoms in total. The van der Waals surface area contributed by atoms with E-state index in [-0.39, 0.29) is 6.03 Å². The number of hydrogen-bond acceptors (Lipinski definition) is 3. The Bertz CT molecular complexity index is 464. The van der Waals surface area contributed by atoms with Crippen molar-refractivity contribution in [2.45, 2.75) is 38.8 Å². The number of unbranched alkanes of at least 4 members (excludes halogenated alkanes) is 1. The second-order valence-electron chi connectivity index (χ2n) is 4.60. The van der Waals surface area contributed by atoms with E-state index in [4.69, 9.17) is 5.11 Å². The van der Waals surface area contributed by atoms with E-state index in [1.165, 1.54) is 4.90 Å². The van der Waals surface area contributed by atoms with Crippen molar-refractivity contribution in [1.82, 2.24) is 10.2 Å². The fourth-order valence-corrected chi connectivity index (χ4v) is 2.90. The summed E-state index contributed by atoms with van der Waals surface area (Å²) in [5, 5.41) is 13.6. The number of nitrogens with one attached hydrogen (secondary N) is 1. The van der Waals surface area contributed by atoms with E-state index >= 15 is 0 Å². The molecule has 0 aliphatic carbocycles. The number of carbonyl (C=O) groups is 2. The van der Waals surface area contributed by atoms with Gasteiger partial charge in [0.2, 0.25) is 0 Å². The molecule has 2 N–H and O–H groups in total. The lowest BCUT2D eigenvalue weighted by molar-refractivity contribution is -0.139. The van der Waals surface area contributed by atoms with Gasteiger partial charge in [0, 0.05) is 13.6 Å². The van der Waals surface area contributed by atoms with Crippen LogP contribution in [-0.2, 0) is 11.3 Å². The van der Waals surface area contributed by atoms with Gasteiger partial charge in [0.05, 0.1) is 3.79 Å². The summed E-state index contributed by atoms with van der Waals surface area (Å²) in [6.45, 7) is 2.44. The minimum absolute atomic E-state index is 0.365. The zero-order valence-corrected chi connectivity index (χ0v) is 14.0. The fourth-order valence-electron chi connectivity index (χ4n) is 1.70. The van der Waals surface area contributed by atoms with Crippen LogP contribution in [0.2, 0.25) is 0 Å². The van der Waals surface area contributed by atoms with Crippen LogP contribution < -0.4 is 5.32 Å². The quantitative estimate of drug-likeness (QED) is 0.781. The number of urea groups is 1. The Morgan fingerprint density at radius 1 is 1.55 bits per heavy atom. The molecule has 1 aromatic rings. The van der Waals surface area contributed by atoms with Gasteiger partial charge in [-0.05, 0) is 39.4 Å². The number of halogens is 1. The topological polar surface area (TPSA) is 69.6 Å². The molecular formula is C13H19BrN2O3S. The number of amides is 2. The minimum atomic E-state index is -0.988. The van der Waals surface area contributed by atoms with Gasteiger partial charge in [-0.15, -0.1) is 11.3 Å². The van der Waals surface area contributed by atoms with Crippen LogP contribution in [0.1, 0.15) is 31.7 Å². The maximum atomic E-state index is 12.0. The molecule has 1 unspecified atom stereocenters. The molecule has 20 heavy (non-hydrogen) atoms. The first-order valence-corrected chi connectivity index (χ1v) is 8.08. The summed E-state index contributed by atoms with van der Waals surface area (Å²) in [7, 11) is 1.65. The second kappa shape index (κ2) is 8.26. The lowest BCUT2D eigenvalue weighted by Gasteiger charge is -2.21. The maximum Gasteiger partial charge on any atom is 0.326 e. The van der Waals surface area contributed by atoms with Gasteiger partial charge in [-0.2, -0.15) is 0 Å². The Kier molecular flexibility index (Phi) is 7.01. The number of aliphatic carboxylic acids is 1. The van der Waals surface area contributed by atoms with Gasteiger partial charge in [0.1, 0.15) is 6.04 Å². The molecule has 0 bridgehead atoms. The van der Waals surface area contributed by atoms with Crippen molar-refractivity contribution >= 4 is 39.3 Å².